The molecular weight excluding hydrogens is 278 g/mol. The number of pyridine rings is 1. The first-order chi connectivity index (χ1) is 9.44. The van der Waals surface area contributed by atoms with E-state index in [9.17, 15) is 8.42 Å². The van der Waals surface area contributed by atoms with Crippen LogP contribution in [0.3, 0.4) is 0 Å². The summed E-state index contributed by atoms with van der Waals surface area (Å²) >= 11 is 0. The molecule has 0 bridgehead atoms. The Morgan fingerprint density at radius 3 is 2.75 bits per heavy atom. The third kappa shape index (κ3) is 3.06. The van der Waals surface area contributed by atoms with Gasteiger partial charge in [-0.2, -0.15) is 0 Å². The van der Waals surface area contributed by atoms with Crippen LogP contribution in [0.2, 0.25) is 0 Å². The number of hydrogen-bond acceptors (Lipinski definition) is 4. The zero-order chi connectivity index (χ0) is 14.8. The summed E-state index contributed by atoms with van der Waals surface area (Å²) in [5.41, 5.74) is 1.19. The van der Waals surface area contributed by atoms with Gasteiger partial charge in [0.05, 0.1) is 23.2 Å². The number of aryl methyl sites for hydroxylation is 1. The van der Waals surface area contributed by atoms with E-state index >= 15 is 0 Å². The van der Waals surface area contributed by atoms with E-state index in [1.165, 1.54) is 12.3 Å². The van der Waals surface area contributed by atoms with Gasteiger partial charge in [0.2, 0.25) is 10.0 Å². The number of rotatable bonds is 5. The topological polar surface area (TPSA) is 84.2 Å². The Balaban J connectivity index is 2.23. The fourth-order valence-corrected chi connectivity index (χ4v) is 3.18. The maximum atomic E-state index is 12.3. The highest BCUT2D eigenvalue weighted by atomic mass is 32.2. The number of aromatic nitrogens is 2. The van der Waals surface area contributed by atoms with Gasteiger partial charge in [-0.25, -0.2) is 13.1 Å². The number of nitrogens with one attached hydrogen (secondary N) is 1. The molecule has 7 heteroatoms. The van der Waals surface area contributed by atoms with Gasteiger partial charge >= 0.3 is 0 Å². The van der Waals surface area contributed by atoms with E-state index in [0.717, 1.165) is 0 Å². The van der Waals surface area contributed by atoms with Gasteiger partial charge in [-0.1, -0.05) is 6.07 Å². The molecule has 0 aliphatic carbocycles. The molecule has 2 N–H and O–H groups in total. The highest BCUT2D eigenvalue weighted by Gasteiger charge is 2.21. The first-order valence-corrected chi connectivity index (χ1v) is 7.61. The molecule has 2 rings (SSSR count). The second-order valence-electron chi connectivity index (χ2n) is 4.53. The van der Waals surface area contributed by atoms with Crippen molar-refractivity contribution in [2.24, 2.45) is 7.05 Å². The van der Waals surface area contributed by atoms with Crippen LogP contribution in [-0.4, -0.2) is 23.1 Å². The standard InChI is InChI=1S/C13H17N3O3S/c1-10(13-5-3-4-6-14-13)15-20(18,19)12-7-11(9-17)16(2)8-12/h3-8,10,15,17H,9H2,1-2H3. The summed E-state index contributed by atoms with van der Waals surface area (Å²) < 4.78 is 28.7. The number of aliphatic hydroxyl groups is 1. The molecule has 1 atom stereocenters. The predicted molar refractivity (Wildman–Crippen MR) is 74.3 cm³/mol. The molecule has 20 heavy (non-hydrogen) atoms. The summed E-state index contributed by atoms with van der Waals surface area (Å²) in [5, 5.41) is 9.11. The van der Waals surface area contributed by atoms with Crippen molar-refractivity contribution in [3.8, 4) is 0 Å². The van der Waals surface area contributed by atoms with Crippen LogP contribution < -0.4 is 4.72 Å². The third-order valence-corrected chi connectivity index (χ3v) is 4.53. The molecule has 108 valence electrons. The molecule has 6 nitrogen and oxygen atoms in total. The monoisotopic (exact) mass is 295 g/mol. The molecule has 0 aliphatic rings. The molecule has 0 spiro atoms. The van der Waals surface area contributed by atoms with E-state index in [0.29, 0.717) is 11.4 Å². The zero-order valence-corrected chi connectivity index (χ0v) is 12.1. The Labute approximate surface area is 118 Å². The lowest BCUT2D eigenvalue weighted by Gasteiger charge is -2.12. The second-order valence-corrected chi connectivity index (χ2v) is 6.25. The van der Waals surface area contributed by atoms with Crippen LogP contribution in [0, 0.1) is 0 Å². The van der Waals surface area contributed by atoms with E-state index in [1.54, 1.807) is 42.9 Å². The van der Waals surface area contributed by atoms with Gasteiger partial charge in [-0.15, -0.1) is 0 Å². The fraction of sp³-hybridized carbons (Fsp3) is 0.308. The maximum Gasteiger partial charge on any atom is 0.242 e. The van der Waals surface area contributed by atoms with Gasteiger partial charge in [-0.05, 0) is 25.1 Å². The van der Waals surface area contributed by atoms with Crippen LogP contribution in [0.1, 0.15) is 24.4 Å². The minimum absolute atomic E-state index is 0.131. The number of aliphatic hydroxyl groups excluding tert-OH is 1. The van der Waals surface area contributed by atoms with Crippen molar-refractivity contribution in [2.75, 3.05) is 0 Å². The summed E-state index contributed by atoms with van der Waals surface area (Å²) in [7, 11) is -1.95. The van der Waals surface area contributed by atoms with Gasteiger partial charge < -0.3 is 9.67 Å². The quantitative estimate of drug-likeness (QED) is 0.860. The average Bonchev–Trinajstić information content (AvgIpc) is 2.81. The first-order valence-electron chi connectivity index (χ1n) is 6.13. The van der Waals surface area contributed by atoms with Crippen LogP contribution in [0.15, 0.2) is 41.6 Å². The molecular formula is C13H17N3O3S. The molecule has 2 aromatic rings. The van der Waals surface area contributed by atoms with E-state index in [4.69, 9.17) is 5.11 Å². The van der Waals surface area contributed by atoms with Crippen LogP contribution in [0.25, 0.3) is 0 Å². The smallest absolute Gasteiger partial charge is 0.242 e. The number of sulfonamides is 1. The summed E-state index contributed by atoms with van der Waals surface area (Å²) in [6.07, 6.45) is 3.09. The van der Waals surface area contributed by atoms with Gasteiger partial charge in [0.25, 0.3) is 0 Å². The van der Waals surface area contributed by atoms with Gasteiger partial charge in [-0.3, -0.25) is 4.98 Å². The minimum atomic E-state index is -3.64. The highest BCUT2D eigenvalue weighted by molar-refractivity contribution is 7.89. The third-order valence-electron chi connectivity index (χ3n) is 3.02. The molecule has 0 aliphatic heterocycles. The molecule has 0 amide bonds. The van der Waals surface area contributed by atoms with Crippen LogP contribution in [0.4, 0.5) is 0 Å². The van der Waals surface area contributed by atoms with Crippen molar-refractivity contribution in [1.29, 1.82) is 0 Å². The Bertz CT molecular complexity index is 680. The van der Waals surface area contributed by atoms with E-state index in [1.807, 2.05) is 0 Å². The van der Waals surface area contributed by atoms with Gasteiger partial charge in [0.15, 0.2) is 0 Å². The molecule has 1 unspecified atom stereocenters. The Morgan fingerprint density at radius 2 is 2.20 bits per heavy atom. The molecule has 0 aromatic carbocycles. The van der Waals surface area contributed by atoms with Crippen LogP contribution in [-0.2, 0) is 23.7 Å². The van der Waals surface area contributed by atoms with E-state index in [2.05, 4.69) is 9.71 Å². The van der Waals surface area contributed by atoms with Crippen LogP contribution in [0.5, 0.6) is 0 Å². The lowest BCUT2D eigenvalue weighted by Crippen LogP contribution is -2.27. The maximum absolute atomic E-state index is 12.3. The van der Waals surface area contributed by atoms with Crippen LogP contribution >= 0.6 is 0 Å². The Kier molecular flexibility index (Phi) is 4.22. The number of hydrogen-bond donors (Lipinski definition) is 2. The summed E-state index contributed by atoms with van der Waals surface area (Å²) in [6.45, 7) is 1.53. The highest BCUT2D eigenvalue weighted by Crippen LogP contribution is 2.17. The Morgan fingerprint density at radius 1 is 1.45 bits per heavy atom. The molecule has 0 radical (unpaired) electrons. The van der Waals surface area contributed by atoms with Crippen molar-refractivity contribution in [3.05, 3.63) is 48.0 Å². The van der Waals surface area contributed by atoms with Gasteiger partial charge in [0, 0.05) is 25.1 Å². The molecule has 2 heterocycles. The lowest BCUT2D eigenvalue weighted by molar-refractivity contribution is 0.272. The summed E-state index contributed by atoms with van der Waals surface area (Å²) in [5.74, 6) is 0. The largest absolute Gasteiger partial charge is 0.390 e. The second kappa shape index (κ2) is 5.74. The van der Waals surface area contributed by atoms with E-state index < -0.39 is 16.1 Å². The van der Waals surface area contributed by atoms with Crippen molar-refractivity contribution >= 4 is 10.0 Å². The summed E-state index contributed by atoms with van der Waals surface area (Å²) in [4.78, 5) is 4.25. The van der Waals surface area contributed by atoms with Gasteiger partial charge in [0.1, 0.15) is 0 Å². The van der Waals surface area contributed by atoms with Crippen molar-refractivity contribution in [3.63, 3.8) is 0 Å². The molecule has 2 aromatic heterocycles. The zero-order valence-electron chi connectivity index (χ0n) is 11.3. The average molecular weight is 295 g/mol. The predicted octanol–water partition coefficient (Wildman–Crippen LogP) is 0.952. The lowest BCUT2D eigenvalue weighted by atomic mass is 10.2. The SMILES string of the molecule is CC(NS(=O)(=O)c1cc(CO)n(C)c1)c1ccccn1. The van der Waals surface area contributed by atoms with E-state index in [-0.39, 0.29) is 11.5 Å². The molecule has 0 saturated carbocycles. The first kappa shape index (κ1) is 14.7. The van der Waals surface area contributed by atoms with Crippen molar-refractivity contribution < 1.29 is 13.5 Å². The van der Waals surface area contributed by atoms with Crippen molar-refractivity contribution in [2.45, 2.75) is 24.5 Å². The summed E-state index contributed by atoms with van der Waals surface area (Å²) in [6, 6.07) is 6.36. The normalized spacial score (nSPS) is 13.3. The number of nitrogens with zero attached hydrogens (tertiary/aromatic N) is 2. The molecule has 0 saturated heterocycles. The van der Waals surface area contributed by atoms with Crippen molar-refractivity contribution in [1.82, 2.24) is 14.3 Å². The fourth-order valence-electron chi connectivity index (χ4n) is 1.87. The minimum Gasteiger partial charge on any atom is -0.390 e. The Hall–Kier alpha value is -1.70. The molecule has 0 fully saturated rings.